The molecule has 1 aromatic carbocycles. The number of hydrogen-bond acceptors (Lipinski definition) is 2. The van der Waals surface area contributed by atoms with Crippen molar-refractivity contribution >= 4 is 5.69 Å². The summed E-state index contributed by atoms with van der Waals surface area (Å²) in [7, 11) is 0. The Labute approximate surface area is 90.7 Å². The average molecular weight is 226 g/mol. The van der Waals surface area contributed by atoms with Gasteiger partial charge in [0.2, 0.25) is 0 Å². The minimum atomic E-state index is -4.37. The lowest BCUT2D eigenvalue weighted by molar-refractivity contribution is -0.137. The van der Waals surface area contributed by atoms with Gasteiger partial charge in [0.15, 0.2) is 0 Å². The van der Waals surface area contributed by atoms with Crippen LogP contribution in [0.2, 0.25) is 0 Å². The maximum Gasteiger partial charge on any atom is 0.416 e. The molecule has 1 saturated carbocycles. The third-order valence-electron chi connectivity index (χ3n) is 2.40. The van der Waals surface area contributed by atoms with Crippen LogP contribution in [0.15, 0.2) is 18.2 Å². The van der Waals surface area contributed by atoms with E-state index in [4.69, 9.17) is 5.26 Å². The van der Waals surface area contributed by atoms with Crippen LogP contribution < -0.4 is 5.32 Å². The van der Waals surface area contributed by atoms with Crippen molar-refractivity contribution in [3.63, 3.8) is 0 Å². The van der Waals surface area contributed by atoms with E-state index in [1.807, 2.05) is 6.07 Å². The molecule has 2 rings (SSSR count). The number of benzene rings is 1. The van der Waals surface area contributed by atoms with Crippen LogP contribution in [0.4, 0.5) is 18.9 Å². The van der Waals surface area contributed by atoms with Crippen molar-refractivity contribution in [2.75, 3.05) is 5.32 Å². The normalized spacial score (nSPS) is 15.6. The fourth-order valence-corrected chi connectivity index (χ4v) is 1.39. The van der Waals surface area contributed by atoms with Crippen LogP contribution in [0.3, 0.4) is 0 Å². The molecule has 0 spiro atoms. The molecule has 0 aromatic heterocycles. The lowest BCUT2D eigenvalue weighted by Crippen LogP contribution is -2.08. The molecule has 1 aliphatic carbocycles. The van der Waals surface area contributed by atoms with Gasteiger partial charge in [-0.15, -0.1) is 0 Å². The van der Waals surface area contributed by atoms with Crippen molar-refractivity contribution in [2.24, 2.45) is 0 Å². The smallest absolute Gasteiger partial charge is 0.381 e. The molecule has 1 aliphatic rings. The monoisotopic (exact) mass is 226 g/mol. The molecule has 0 aliphatic heterocycles. The molecular formula is C11H9F3N2. The quantitative estimate of drug-likeness (QED) is 0.840. The van der Waals surface area contributed by atoms with Crippen LogP contribution in [0.5, 0.6) is 0 Å². The third-order valence-corrected chi connectivity index (χ3v) is 2.40. The van der Waals surface area contributed by atoms with Gasteiger partial charge in [-0.1, -0.05) is 0 Å². The van der Waals surface area contributed by atoms with Crippen molar-refractivity contribution < 1.29 is 13.2 Å². The summed E-state index contributed by atoms with van der Waals surface area (Å²) in [6.45, 7) is 0. The summed E-state index contributed by atoms with van der Waals surface area (Å²) < 4.78 is 37.3. The van der Waals surface area contributed by atoms with Crippen molar-refractivity contribution in [1.29, 1.82) is 5.26 Å². The summed E-state index contributed by atoms with van der Waals surface area (Å²) in [6, 6.07) is 5.22. The van der Waals surface area contributed by atoms with Gasteiger partial charge < -0.3 is 5.32 Å². The lowest BCUT2D eigenvalue weighted by atomic mass is 10.1. The van der Waals surface area contributed by atoms with Crippen LogP contribution in [0.25, 0.3) is 0 Å². The summed E-state index contributed by atoms with van der Waals surface area (Å²) >= 11 is 0. The summed E-state index contributed by atoms with van der Waals surface area (Å²) in [5.74, 6) is 0. The molecule has 0 saturated heterocycles. The largest absolute Gasteiger partial charge is 0.416 e. The highest BCUT2D eigenvalue weighted by Crippen LogP contribution is 2.33. The lowest BCUT2D eigenvalue weighted by Gasteiger charge is -2.11. The Hall–Kier alpha value is -1.70. The predicted octanol–water partition coefficient (Wildman–Crippen LogP) is 3.15. The first-order valence-corrected chi connectivity index (χ1v) is 4.88. The Morgan fingerprint density at radius 3 is 2.50 bits per heavy atom. The molecule has 5 heteroatoms. The van der Waals surface area contributed by atoms with E-state index in [1.165, 1.54) is 6.07 Å². The van der Waals surface area contributed by atoms with Gasteiger partial charge >= 0.3 is 6.18 Å². The number of anilines is 1. The fraction of sp³-hybridized carbons (Fsp3) is 0.364. The average Bonchev–Trinajstić information content (AvgIpc) is 3.00. The van der Waals surface area contributed by atoms with Crippen LogP contribution in [-0.2, 0) is 6.18 Å². The molecule has 0 atom stereocenters. The minimum absolute atomic E-state index is 0.218. The second-order valence-corrected chi connectivity index (χ2v) is 3.79. The zero-order valence-electron chi connectivity index (χ0n) is 8.30. The van der Waals surface area contributed by atoms with Crippen LogP contribution in [0, 0.1) is 11.3 Å². The third kappa shape index (κ3) is 2.27. The van der Waals surface area contributed by atoms with Gasteiger partial charge in [0.05, 0.1) is 16.8 Å². The molecule has 0 unspecified atom stereocenters. The zero-order chi connectivity index (χ0) is 11.8. The predicted molar refractivity (Wildman–Crippen MR) is 52.8 cm³/mol. The van der Waals surface area contributed by atoms with Gasteiger partial charge in [-0.05, 0) is 31.0 Å². The van der Waals surface area contributed by atoms with Gasteiger partial charge in [-0.25, -0.2) is 0 Å². The zero-order valence-corrected chi connectivity index (χ0v) is 8.30. The van der Waals surface area contributed by atoms with E-state index in [2.05, 4.69) is 5.32 Å². The first kappa shape index (κ1) is 10.8. The summed E-state index contributed by atoms with van der Waals surface area (Å²) in [5.41, 5.74) is -0.200. The molecule has 84 valence electrons. The maximum atomic E-state index is 12.4. The highest BCUT2D eigenvalue weighted by atomic mass is 19.4. The summed E-state index contributed by atoms with van der Waals surface area (Å²) in [5, 5.41) is 11.7. The van der Waals surface area contributed by atoms with Crippen molar-refractivity contribution in [2.45, 2.75) is 25.1 Å². The molecule has 1 fully saturated rings. The van der Waals surface area contributed by atoms with Crippen LogP contribution in [0.1, 0.15) is 24.0 Å². The molecule has 1 N–H and O–H groups in total. The molecule has 0 amide bonds. The van der Waals surface area contributed by atoms with E-state index in [0.29, 0.717) is 0 Å². The molecule has 0 heterocycles. The van der Waals surface area contributed by atoms with Crippen molar-refractivity contribution in [3.8, 4) is 6.07 Å². The van der Waals surface area contributed by atoms with E-state index in [9.17, 15) is 13.2 Å². The minimum Gasteiger partial charge on any atom is -0.381 e. The van der Waals surface area contributed by atoms with Gasteiger partial charge in [-0.2, -0.15) is 18.4 Å². The highest BCUT2D eigenvalue weighted by molar-refractivity contribution is 5.60. The van der Waals surface area contributed by atoms with Gasteiger partial charge in [0.1, 0.15) is 6.07 Å². The first-order valence-electron chi connectivity index (χ1n) is 4.88. The van der Waals surface area contributed by atoms with E-state index in [-0.39, 0.29) is 17.3 Å². The standard InChI is InChI=1S/C11H9F3N2/c12-11(13,14)8-2-1-7(6-15)10(5-8)16-9-3-4-9/h1-2,5,9,16H,3-4H2. The fourth-order valence-electron chi connectivity index (χ4n) is 1.39. The SMILES string of the molecule is N#Cc1ccc(C(F)(F)F)cc1NC1CC1. The Morgan fingerprint density at radius 2 is 2.00 bits per heavy atom. The van der Waals surface area contributed by atoms with E-state index in [1.54, 1.807) is 0 Å². The van der Waals surface area contributed by atoms with E-state index < -0.39 is 11.7 Å². The number of halogens is 3. The second-order valence-electron chi connectivity index (χ2n) is 3.79. The molecular weight excluding hydrogens is 217 g/mol. The number of alkyl halides is 3. The van der Waals surface area contributed by atoms with Gasteiger partial charge in [0.25, 0.3) is 0 Å². The number of nitrogens with zero attached hydrogens (tertiary/aromatic N) is 1. The van der Waals surface area contributed by atoms with Gasteiger partial charge in [-0.3, -0.25) is 0 Å². The second kappa shape index (κ2) is 3.71. The van der Waals surface area contributed by atoms with Crippen LogP contribution >= 0.6 is 0 Å². The maximum absolute atomic E-state index is 12.4. The Bertz CT molecular complexity index is 442. The molecule has 2 nitrogen and oxygen atoms in total. The van der Waals surface area contributed by atoms with Gasteiger partial charge in [0, 0.05) is 6.04 Å². The first-order chi connectivity index (χ1) is 7.50. The van der Waals surface area contributed by atoms with E-state index >= 15 is 0 Å². The van der Waals surface area contributed by atoms with E-state index in [0.717, 1.165) is 25.0 Å². The summed E-state index contributed by atoms with van der Waals surface area (Å²) in [6.07, 6.45) is -2.48. The molecule has 16 heavy (non-hydrogen) atoms. The number of hydrogen-bond donors (Lipinski definition) is 1. The molecule has 1 aromatic rings. The molecule has 0 bridgehead atoms. The Morgan fingerprint density at radius 1 is 1.31 bits per heavy atom. The number of rotatable bonds is 2. The molecule has 0 radical (unpaired) electrons. The van der Waals surface area contributed by atoms with Crippen molar-refractivity contribution in [3.05, 3.63) is 29.3 Å². The topological polar surface area (TPSA) is 35.8 Å². The summed E-state index contributed by atoms with van der Waals surface area (Å²) in [4.78, 5) is 0. The Kier molecular flexibility index (Phi) is 2.50. The van der Waals surface area contributed by atoms with Crippen molar-refractivity contribution in [1.82, 2.24) is 0 Å². The number of nitrogens with one attached hydrogen (secondary N) is 1. The Balaban J connectivity index is 2.34. The highest BCUT2D eigenvalue weighted by Gasteiger charge is 2.31. The number of nitriles is 1. The van der Waals surface area contributed by atoms with Crippen LogP contribution in [-0.4, -0.2) is 6.04 Å².